The predicted molar refractivity (Wildman–Crippen MR) is 100 cm³/mol. The van der Waals surface area contributed by atoms with E-state index in [4.69, 9.17) is 0 Å². The summed E-state index contributed by atoms with van der Waals surface area (Å²) in [5, 5.41) is 14.9. The zero-order valence-electron chi connectivity index (χ0n) is 14.5. The minimum Gasteiger partial charge on any atom is -0.492 e. The zero-order valence-corrected chi connectivity index (χ0v) is 15.3. The van der Waals surface area contributed by atoms with E-state index in [1.807, 2.05) is 12.1 Å². The molecule has 27 heavy (non-hydrogen) atoms. The Morgan fingerprint density at radius 1 is 1.11 bits per heavy atom. The minimum absolute atomic E-state index is 0.104. The molecule has 0 spiro atoms. The van der Waals surface area contributed by atoms with E-state index in [9.17, 15) is 9.50 Å². The summed E-state index contributed by atoms with van der Waals surface area (Å²) in [6.45, 7) is 1.79. The van der Waals surface area contributed by atoms with Crippen LogP contribution in [-0.2, 0) is 13.0 Å². The lowest BCUT2D eigenvalue weighted by atomic mass is 9.96. The molecule has 7 heteroatoms. The zero-order chi connectivity index (χ0) is 18.4. The molecule has 0 bridgehead atoms. The molecule has 0 saturated carbocycles. The van der Waals surface area contributed by atoms with E-state index < -0.39 is 0 Å². The fraction of sp³-hybridized carbons (Fsp3) is 0.200. The van der Waals surface area contributed by atoms with Gasteiger partial charge in [-0.3, -0.25) is 0 Å². The maximum absolute atomic E-state index is 13.5. The number of rotatable bonds is 3. The van der Waals surface area contributed by atoms with Gasteiger partial charge < -0.3 is 10.0 Å². The molecule has 1 unspecified atom stereocenters. The molecule has 1 aliphatic heterocycles. The van der Waals surface area contributed by atoms with Gasteiger partial charge in [0.25, 0.3) is 0 Å². The van der Waals surface area contributed by atoms with E-state index in [2.05, 4.69) is 34.3 Å². The fourth-order valence-electron chi connectivity index (χ4n) is 3.96. The Hall–Kier alpha value is -2.77. The van der Waals surface area contributed by atoms with Crippen LogP contribution in [0.1, 0.15) is 27.6 Å². The average Bonchev–Trinajstić information content (AvgIpc) is 3.27. The number of quaternary nitrogens is 1. The minimum atomic E-state index is -0.261. The molecule has 5 nitrogen and oxygen atoms in total. The molecular weight excluding hydrogens is 363 g/mol. The molecule has 0 aliphatic carbocycles. The van der Waals surface area contributed by atoms with E-state index in [0.717, 1.165) is 30.0 Å². The average molecular weight is 381 g/mol. The first-order valence-electron chi connectivity index (χ1n) is 8.89. The van der Waals surface area contributed by atoms with E-state index in [0.29, 0.717) is 4.96 Å². The number of aromatic hydroxyl groups is 1. The highest BCUT2D eigenvalue weighted by molar-refractivity contribution is 7.17. The summed E-state index contributed by atoms with van der Waals surface area (Å²) in [4.78, 5) is 7.00. The number of thiazole rings is 1. The van der Waals surface area contributed by atoms with Crippen molar-refractivity contribution in [2.24, 2.45) is 0 Å². The Kier molecular flexibility index (Phi) is 3.91. The third kappa shape index (κ3) is 2.79. The molecule has 3 heterocycles. The summed E-state index contributed by atoms with van der Waals surface area (Å²) < 4.78 is 15.0. The number of nitrogens with one attached hydrogen (secondary N) is 1. The van der Waals surface area contributed by atoms with Crippen LogP contribution in [0.5, 0.6) is 5.88 Å². The van der Waals surface area contributed by atoms with Crippen LogP contribution in [0.15, 0.2) is 54.9 Å². The quantitative estimate of drug-likeness (QED) is 0.573. The summed E-state index contributed by atoms with van der Waals surface area (Å²) in [6, 6.07) is 15.0. The third-order valence-corrected chi connectivity index (χ3v) is 6.36. The molecular formula is C20H18FN4OS+. The highest BCUT2D eigenvalue weighted by Gasteiger charge is 2.34. The van der Waals surface area contributed by atoms with Gasteiger partial charge in [-0.2, -0.15) is 9.61 Å². The summed E-state index contributed by atoms with van der Waals surface area (Å²) in [5.41, 5.74) is 3.68. The van der Waals surface area contributed by atoms with E-state index in [1.165, 1.54) is 50.3 Å². The lowest BCUT2D eigenvalue weighted by Gasteiger charge is -2.32. The van der Waals surface area contributed by atoms with Crippen molar-refractivity contribution >= 4 is 16.3 Å². The first-order chi connectivity index (χ1) is 13.2. The van der Waals surface area contributed by atoms with Gasteiger partial charge in [0.2, 0.25) is 10.8 Å². The Balaban J connectivity index is 1.61. The van der Waals surface area contributed by atoms with Crippen molar-refractivity contribution in [1.29, 1.82) is 0 Å². The van der Waals surface area contributed by atoms with Crippen molar-refractivity contribution in [1.82, 2.24) is 14.6 Å². The molecule has 1 aliphatic rings. The maximum Gasteiger partial charge on any atom is 0.235 e. The van der Waals surface area contributed by atoms with Crippen molar-refractivity contribution in [2.75, 3.05) is 6.54 Å². The standard InChI is InChI=1S/C20H17FN4OS/c21-16-7-5-14(6-8-16)17(18-19(26)25-20(27-18)22-12-23-25)24-10-9-13-3-1-2-4-15(13)11-24/h1-8,12,17,26H,9-11H2/p+1/t17-/m1/s1. The molecule has 2 aromatic heterocycles. The van der Waals surface area contributed by atoms with Crippen molar-refractivity contribution in [3.05, 3.63) is 82.2 Å². The maximum atomic E-state index is 13.5. The van der Waals surface area contributed by atoms with Crippen molar-refractivity contribution in [3.63, 3.8) is 0 Å². The number of nitrogens with zero attached hydrogens (tertiary/aromatic N) is 3. The van der Waals surface area contributed by atoms with Crippen LogP contribution in [0.3, 0.4) is 0 Å². The highest BCUT2D eigenvalue weighted by Crippen LogP contribution is 2.35. The van der Waals surface area contributed by atoms with E-state index in [-0.39, 0.29) is 17.7 Å². The van der Waals surface area contributed by atoms with Crippen LogP contribution in [0, 0.1) is 5.82 Å². The molecule has 0 radical (unpaired) electrons. The Bertz CT molecular complexity index is 1100. The molecule has 5 rings (SSSR count). The van der Waals surface area contributed by atoms with Gasteiger partial charge in [0.1, 0.15) is 23.6 Å². The highest BCUT2D eigenvalue weighted by atomic mass is 32.1. The summed E-state index contributed by atoms with van der Waals surface area (Å²) in [6.07, 6.45) is 2.41. The second-order valence-electron chi connectivity index (χ2n) is 6.83. The third-order valence-electron chi connectivity index (χ3n) is 5.26. The molecule has 4 aromatic rings. The largest absolute Gasteiger partial charge is 0.492 e. The number of hydrogen-bond donors (Lipinski definition) is 2. The molecule has 2 N–H and O–H groups in total. The van der Waals surface area contributed by atoms with Gasteiger partial charge in [-0.25, -0.2) is 9.37 Å². The van der Waals surface area contributed by atoms with Crippen LogP contribution in [-0.4, -0.2) is 26.2 Å². The Morgan fingerprint density at radius 2 is 1.89 bits per heavy atom. The molecule has 2 aromatic carbocycles. The van der Waals surface area contributed by atoms with Gasteiger partial charge in [-0.05, 0) is 29.8 Å². The topological polar surface area (TPSA) is 54.9 Å². The van der Waals surface area contributed by atoms with Crippen LogP contribution < -0.4 is 4.90 Å². The Labute approximate surface area is 159 Å². The normalized spacial score (nSPS) is 17.7. The molecule has 136 valence electrons. The van der Waals surface area contributed by atoms with Crippen molar-refractivity contribution in [2.45, 2.75) is 19.0 Å². The molecule has 2 atom stereocenters. The SMILES string of the molecule is Oc1c([C@@H](c2ccc(F)cc2)[NH+]2CCc3ccccc3C2)sc2ncnn12. The van der Waals surface area contributed by atoms with Crippen molar-refractivity contribution in [3.8, 4) is 5.88 Å². The van der Waals surface area contributed by atoms with Gasteiger partial charge in [0.15, 0.2) is 6.04 Å². The number of aromatic nitrogens is 3. The van der Waals surface area contributed by atoms with Gasteiger partial charge in [-0.1, -0.05) is 35.6 Å². The van der Waals surface area contributed by atoms with Crippen molar-refractivity contribution < 1.29 is 14.4 Å². The van der Waals surface area contributed by atoms with Gasteiger partial charge in [0, 0.05) is 17.5 Å². The second-order valence-corrected chi connectivity index (χ2v) is 7.84. The molecule has 0 saturated heterocycles. The van der Waals surface area contributed by atoms with Gasteiger partial charge >= 0.3 is 0 Å². The molecule has 0 fully saturated rings. The summed E-state index contributed by atoms with van der Waals surface area (Å²) in [5.74, 6) is -0.142. The van der Waals surface area contributed by atoms with Crippen LogP contribution in [0.25, 0.3) is 4.96 Å². The second kappa shape index (κ2) is 6.44. The van der Waals surface area contributed by atoms with Gasteiger partial charge in [-0.15, -0.1) is 0 Å². The fourth-order valence-corrected chi connectivity index (χ4v) is 5.07. The number of benzene rings is 2. The molecule has 0 amide bonds. The predicted octanol–water partition coefficient (Wildman–Crippen LogP) is 2.37. The van der Waals surface area contributed by atoms with Gasteiger partial charge in [0.05, 0.1) is 6.54 Å². The number of halogens is 1. The van der Waals surface area contributed by atoms with Crippen LogP contribution in [0.2, 0.25) is 0 Å². The van der Waals surface area contributed by atoms with Crippen LogP contribution in [0.4, 0.5) is 4.39 Å². The van der Waals surface area contributed by atoms with Crippen LogP contribution >= 0.6 is 11.3 Å². The first kappa shape index (κ1) is 16.4. The monoisotopic (exact) mass is 381 g/mol. The lowest BCUT2D eigenvalue weighted by Crippen LogP contribution is -3.12. The Morgan fingerprint density at radius 3 is 2.67 bits per heavy atom. The number of fused-ring (bicyclic) bond motifs is 2. The van der Waals surface area contributed by atoms with E-state index in [1.54, 1.807) is 0 Å². The van der Waals surface area contributed by atoms with E-state index >= 15 is 0 Å². The summed E-state index contributed by atoms with van der Waals surface area (Å²) in [7, 11) is 0. The first-order valence-corrected chi connectivity index (χ1v) is 9.70. The smallest absolute Gasteiger partial charge is 0.235 e. The number of hydrogen-bond acceptors (Lipinski definition) is 4. The lowest BCUT2D eigenvalue weighted by molar-refractivity contribution is -0.940. The summed E-state index contributed by atoms with van der Waals surface area (Å²) >= 11 is 1.44.